The molecule has 7 heteroatoms. The molecule has 2 aliphatic rings. The number of likely N-dealkylation sites (tertiary alicyclic amines) is 1. The van der Waals surface area contributed by atoms with Crippen molar-refractivity contribution >= 4 is 16.2 Å². The van der Waals surface area contributed by atoms with E-state index in [9.17, 15) is 13.2 Å². The molecule has 0 radical (unpaired) electrons. The maximum atomic E-state index is 12.6. The van der Waals surface area contributed by atoms with E-state index in [4.69, 9.17) is 8.92 Å². The van der Waals surface area contributed by atoms with Crippen LogP contribution < -0.4 is 0 Å². The molecule has 1 aromatic rings. The number of piperidine rings is 1. The number of fused-ring (bicyclic) bond motifs is 2. The molecule has 3 rings (SSSR count). The molecule has 1 aliphatic heterocycles. The van der Waals surface area contributed by atoms with Crippen LogP contribution in [0.25, 0.3) is 0 Å². The van der Waals surface area contributed by atoms with Crippen molar-refractivity contribution < 1.29 is 22.1 Å². The summed E-state index contributed by atoms with van der Waals surface area (Å²) in [5.41, 5.74) is 0.395. The number of ether oxygens (including phenoxy) is 1. The maximum absolute atomic E-state index is 12.6. The molecule has 2 fully saturated rings. The highest BCUT2D eigenvalue weighted by Gasteiger charge is 2.49. The van der Waals surface area contributed by atoms with Gasteiger partial charge in [0.15, 0.2) is 0 Å². The quantitative estimate of drug-likeness (QED) is 0.747. The molecule has 1 heterocycles. The summed E-state index contributed by atoms with van der Waals surface area (Å²) in [6.07, 6.45) is 2.43. The first-order chi connectivity index (χ1) is 12.1. The lowest BCUT2D eigenvalue weighted by Crippen LogP contribution is -2.49. The Bertz CT molecular complexity index is 766. The van der Waals surface area contributed by atoms with E-state index in [0.717, 1.165) is 24.8 Å². The summed E-state index contributed by atoms with van der Waals surface area (Å²) in [4.78, 5) is 14.4. The van der Waals surface area contributed by atoms with Crippen molar-refractivity contribution in [3.63, 3.8) is 0 Å². The van der Waals surface area contributed by atoms with Crippen LogP contribution in [-0.4, -0.2) is 43.7 Å². The Morgan fingerprint density at radius 1 is 1.19 bits per heavy atom. The fraction of sp³-hybridized carbons (Fsp3) is 0.632. The number of aryl methyl sites for hydroxylation is 1. The predicted octanol–water partition coefficient (Wildman–Crippen LogP) is 3.49. The zero-order valence-corrected chi connectivity index (χ0v) is 16.6. The van der Waals surface area contributed by atoms with Crippen LogP contribution in [0.3, 0.4) is 0 Å². The van der Waals surface area contributed by atoms with Gasteiger partial charge in [-0.15, -0.1) is 0 Å². The van der Waals surface area contributed by atoms with Gasteiger partial charge >= 0.3 is 6.09 Å². The van der Waals surface area contributed by atoms with E-state index in [1.165, 1.54) is 12.1 Å². The molecule has 1 aromatic carbocycles. The van der Waals surface area contributed by atoms with Gasteiger partial charge < -0.3 is 4.74 Å². The highest BCUT2D eigenvalue weighted by molar-refractivity contribution is 7.86. The number of hydrogen-bond acceptors (Lipinski definition) is 5. The summed E-state index contributed by atoms with van der Waals surface area (Å²) in [5, 5.41) is 0. The largest absolute Gasteiger partial charge is 0.444 e. The van der Waals surface area contributed by atoms with Gasteiger partial charge in [0.25, 0.3) is 10.1 Å². The third-order valence-corrected chi connectivity index (χ3v) is 6.34. The summed E-state index contributed by atoms with van der Waals surface area (Å²) in [6, 6.07) is 6.41. The Labute approximate surface area is 155 Å². The molecule has 0 aromatic heterocycles. The number of rotatable bonds is 4. The van der Waals surface area contributed by atoms with Gasteiger partial charge in [0, 0.05) is 6.04 Å². The van der Waals surface area contributed by atoms with E-state index in [-0.39, 0.29) is 35.6 Å². The van der Waals surface area contributed by atoms with E-state index < -0.39 is 15.7 Å². The average Bonchev–Trinajstić information content (AvgIpc) is 3.12. The zero-order valence-electron chi connectivity index (χ0n) is 15.8. The Balaban J connectivity index is 1.71. The number of benzene rings is 1. The van der Waals surface area contributed by atoms with Crippen molar-refractivity contribution in [2.75, 3.05) is 6.61 Å². The van der Waals surface area contributed by atoms with Crippen molar-refractivity contribution in [2.45, 2.75) is 69.5 Å². The van der Waals surface area contributed by atoms with E-state index >= 15 is 0 Å². The van der Waals surface area contributed by atoms with Gasteiger partial charge in [-0.25, -0.2) is 4.79 Å². The van der Waals surface area contributed by atoms with Crippen molar-refractivity contribution in [3.8, 4) is 0 Å². The lowest BCUT2D eigenvalue weighted by molar-refractivity contribution is 0.00159. The first kappa shape index (κ1) is 19.2. The van der Waals surface area contributed by atoms with Crippen LogP contribution in [0.1, 0.15) is 45.6 Å². The summed E-state index contributed by atoms with van der Waals surface area (Å²) >= 11 is 0. The minimum Gasteiger partial charge on any atom is -0.444 e. The second-order valence-electron chi connectivity index (χ2n) is 8.23. The number of nitrogens with zero attached hydrogens (tertiary/aromatic N) is 1. The molecule has 0 spiro atoms. The van der Waals surface area contributed by atoms with Gasteiger partial charge in [0.05, 0.1) is 17.5 Å². The van der Waals surface area contributed by atoms with Crippen LogP contribution >= 0.6 is 0 Å². The van der Waals surface area contributed by atoms with Crippen molar-refractivity contribution in [1.29, 1.82) is 0 Å². The topological polar surface area (TPSA) is 72.9 Å². The van der Waals surface area contributed by atoms with Gasteiger partial charge in [-0.05, 0) is 65.0 Å². The van der Waals surface area contributed by atoms with Gasteiger partial charge in [0.1, 0.15) is 5.60 Å². The Hall–Kier alpha value is -1.60. The Morgan fingerprint density at radius 3 is 2.46 bits per heavy atom. The molecular weight excluding hydrogens is 354 g/mol. The molecule has 6 nitrogen and oxygen atoms in total. The molecular formula is C19H27NO5S. The van der Waals surface area contributed by atoms with Gasteiger partial charge in [-0.2, -0.15) is 8.42 Å². The van der Waals surface area contributed by atoms with E-state index in [1.807, 2.05) is 27.7 Å². The second kappa shape index (κ2) is 6.85. The number of carbonyl (C=O) groups is 1. The van der Waals surface area contributed by atoms with Crippen LogP contribution in [0.15, 0.2) is 29.2 Å². The molecule has 26 heavy (non-hydrogen) atoms. The SMILES string of the molecule is Cc1ccc(S(=O)(=O)OC[C@H]2[C@@H]3CC[C@@H](C3)N2C(=O)OC(C)(C)C)cc1. The van der Waals surface area contributed by atoms with Gasteiger partial charge in [-0.1, -0.05) is 17.7 Å². The standard InChI is InChI=1S/C19H27NO5S/c1-13-5-9-16(10-6-13)26(22,23)24-12-17-14-7-8-15(11-14)20(17)18(21)25-19(2,3)4/h5-6,9-10,14-15,17H,7-8,11-12H2,1-4H3/t14-,15+,17+/m1/s1. The van der Waals surface area contributed by atoms with E-state index in [2.05, 4.69) is 0 Å². The fourth-order valence-electron chi connectivity index (χ4n) is 3.84. The summed E-state index contributed by atoms with van der Waals surface area (Å²) < 4.78 is 35.8. The minimum atomic E-state index is -3.84. The summed E-state index contributed by atoms with van der Waals surface area (Å²) in [6.45, 7) is 7.34. The van der Waals surface area contributed by atoms with Crippen molar-refractivity contribution in [1.82, 2.24) is 4.90 Å². The first-order valence-electron chi connectivity index (χ1n) is 9.04. The highest BCUT2D eigenvalue weighted by Crippen LogP contribution is 2.43. The second-order valence-corrected chi connectivity index (χ2v) is 9.85. The molecule has 0 N–H and O–H groups in total. The average molecular weight is 381 g/mol. The van der Waals surface area contributed by atoms with E-state index in [0.29, 0.717) is 0 Å². The third kappa shape index (κ3) is 4.04. The van der Waals surface area contributed by atoms with Gasteiger partial charge in [0.2, 0.25) is 0 Å². The number of carbonyl (C=O) groups excluding carboxylic acids is 1. The zero-order chi connectivity index (χ0) is 19.1. The smallest absolute Gasteiger partial charge is 0.410 e. The molecule has 1 saturated heterocycles. The van der Waals surface area contributed by atoms with Gasteiger partial charge in [-0.3, -0.25) is 9.08 Å². The molecule has 3 atom stereocenters. The normalized spacial score (nSPS) is 25.5. The first-order valence-corrected chi connectivity index (χ1v) is 10.4. The molecule has 1 amide bonds. The van der Waals surface area contributed by atoms with Crippen LogP contribution in [0.2, 0.25) is 0 Å². The highest BCUT2D eigenvalue weighted by atomic mass is 32.2. The summed E-state index contributed by atoms with van der Waals surface area (Å²) in [5.74, 6) is 0.265. The fourth-order valence-corrected chi connectivity index (χ4v) is 4.76. The van der Waals surface area contributed by atoms with Crippen molar-refractivity contribution in [3.05, 3.63) is 29.8 Å². The van der Waals surface area contributed by atoms with Crippen LogP contribution in [0.5, 0.6) is 0 Å². The predicted molar refractivity (Wildman–Crippen MR) is 97.3 cm³/mol. The molecule has 144 valence electrons. The van der Waals surface area contributed by atoms with Crippen molar-refractivity contribution in [2.24, 2.45) is 5.92 Å². The number of amides is 1. The Kier molecular flexibility index (Phi) is 5.05. The molecule has 0 unspecified atom stereocenters. The third-order valence-electron chi connectivity index (χ3n) is 5.05. The Morgan fingerprint density at radius 2 is 1.85 bits per heavy atom. The van der Waals surface area contributed by atoms with Crippen LogP contribution in [0.4, 0.5) is 4.79 Å². The number of hydrogen-bond donors (Lipinski definition) is 0. The maximum Gasteiger partial charge on any atom is 0.410 e. The molecule has 1 aliphatic carbocycles. The lowest BCUT2D eigenvalue weighted by Gasteiger charge is -2.36. The minimum absolute atomic E-state index is 0.0311. The van der Waals surface area contributed by atoms with E-state index in [1.54, 1.807) is 17.0 Å². The lowest BCUT2D eigenvalue weighted by atomic mass is 10.00. The van der Waals surface area contributed by atoms with Crippen LogP contribution in [0, 0.1) is 12.8 Å². The molecule has 2 bridgehead atoms. The molecule has 1 saturated carbocycles. The summed E-state index contributed by atoms with van der Waals surface area (Å²) in [7, 11) is -3.84. The van der Waals surface area contributed by atoms with Crippen LogP contribution in [-0.2, 0) is 19.0 Å². The monoisotopic (exact) mass is 381 g/mol.